The fraction of sp³-hybridized carbons (Fsp3) is 0.357. The maximum atomic E-state index is 8.79. The van der Waals surface area contributed by atoms with E-state index in [0.717, 1.165) is 24.5 Å². The first kappa shape index (κ1) is 13.2. The summed E-state index contributed by atoms with van der Waals surface area (Å²) in [7, 11) is 0. The highest BCUT2D eigenvalue weighted by atomic mass is 15.4. The lowest BCUT2D eigenvalue weighted by Crippen LogP contribution is -2.20. The predicted molar refractivity (Wildman–Crippen MR) is 72.6 cm³/mol. The molecule has 0 saturated heterocycles. The van der Waals surface area contributed by atoms with Crippen LogP contribution in [0.4, 0.5) is 0 Å². The van der Waals surface area contributed by atoms with Crippen LogP contribution in [0.1, 0.15) is 25.1 Å². The summed E-state index contributed by atoms with van der Waals surface area (Å²) in [6.07, 6.45) is 1.76. The molecule has 1 aromatic carbocycles. The molecule has 1 heterocycles. The lowest BCUT2D eigenvalue weighted by atomic mass is 10.2. The van der Waals surface area contributed by atoms with Crippen LogP contribution in [0.15, 0.2) is 30.5 Å². The minimum atomic E-state index is 0.610. The smallest absolute Gasteiger partial charge is 0.0991 e. The molecule has 0 radical (unpaired) electrons. The maximum absolute atomic E-state index is 8.79. The summed E-state index contributed by atoms with van der Waals surface area (Å²) in [5.74, 6) is 0.610. The van der Waals surface area contributed by atoms with Crippen molar-refractivity contribution in [3.63, 3.8) is 0 Å². The Hall–Kier alpha value is -2.19. The van der Waals surface area contributed by atoms with Crippen LogP contribution in [-0.2, 0) is 6.54 Å². The Kier molecular flexibility index (Phi) is 4.26. The standard InChI is InChI=1S/C14H17N5/c1-11(2)8-16-9-14-10-17-18-19(14)13-5-3-12(7-15)4-6-13/h3-6,10-11,16H,8-9H2,1-2H3. The summed E-state index contributed by atoms with van der Waals surface area (Å²) in [5.41, 5.74) is 2.56. The summed E-state index contributed by atoms with van der Waals surface area (Å²) in [6, 6.07) is 9.41. The van der Waals surface area contributed by atoms with Crippen molar-refractivity contribution in [2.75, 3.05) is 6.54 Å². The van der Waals surface area contributed by atoms with Gasteiger partial charge in [0.15, 0.2) is 0 Å². The minimum absolute atomic E-state index is 0.610. The van der Waals surface area contributed by atoms with E-state index in [1.165, 1.54) is 0 Å². The number of nitrogens with one attached hydrogen (secondary N) is 1. The summed E-state index contributed by atoms with van der Waals surface area (Å²) >= 11 is 0. The second-order valence-electron chi connectivity index (χ2n) is 4.82. The summed E-state index contributed by atoms with van der Waals surface area (Å²) in [6.45, 7) is 6.02. The summed E-state index contributed by atoms with van der Waals surface area (Å²) in [4.78, 5) is 0. The van der Waals surface area contributed by atoms with Crippen molar-refractivity contribution < 1.29 is 0 Å². The molecule has 0 aliphatic rings. The highest BCUT2D eigenvalue weighted by Crippen LogP contribution is 2.10. The molecule has 2 rings (SSSR count). The van der Waals surface area contributed by atoms with E-state index in [9.17, 15) is 0 Å². The van der Waals surface area contributed by atoms with Gasteiger partial charge in [0, 0.05) is 6.54 Å². The van der Waals surface area contributed by atoms with Crippen molar-refractivity contribution in [2.24, 2.45) is 5.92 Å². The highest BCUT2D eigenvalue weighted by molar-refractivity contribution is 5.39. The Bertz CT molecular complexity index is 562. The first-order chi connectivity index (χ1) is 9.20. The Morgan fingerprint density at radius 1 is 1.32 bits per heavy atom. The number of hydrogen-bond acceptors (Lipinski definition) is 4. The number of nitrogens with zero attached hydrogens (tertiary/aromatic N) is 4. The number of nitriles is 1. The quantitative estimate of drug-likeness (QED) is 0.886. The molecule has 5 heteroatoms. The van der Waals surface area contributed by atoms with Gasteiger partial charge in [-0.25, -0.2) is 4.68 Å². The van der Waals surface area contributed by atoms with Gasteiger partial charge in [0.1, 0.15) is 0 Å². The zero-order valence-corrected chi connectivity index (χ0v) is 11.2. The molecule has 0 spiro atoms. The highest BCUT2D eigenvalue weighted by Gasteiger charge is 2.06. The van der Waals surface area contributed by atoms with E-state index in [1.54, 1.807) is 23.0 Å². The molecule has 0 atom stereocenters. The van der Waals surface area contributed by atoms with Gasteiger partial charge in [-0.05, 0) is 36.7 Å². The predicted octanol–water partition coefficient (Wildman–Crippen LogP) is 1.88. The second kappa shape index (κ2) is 6.12. The van der Waals surface area contributed by atoms with Crippen molar-refractivity contribution >= 4 is 0 Å². The van der Waals surface area contributed by atoms with E-state index in [-0.39, 0.29) is 0 Å². The molecule has 0 bridgehead atoms. The van der Waals surface area contributed by atoms with E-state index in [4.69, 9.17) is 5.26 Å². The van der Waals surface area contributed by atoms with Crippen LogP contribution in [0, 0.1) is 17.2 Å². The fourth-order valence-electron chi connectivity index (χ4n) is 1.76. The van der Waals surface area contributed by atoms with Gasteiger partial charge in [-0.2, -0.15) is 5.26 Å². The van der Waals surface area contributed by atoms with Gasteiger partial charge in [-0.1, -0.05) is 19.1 Å². The number of benzene rings is 1. The van der Waals surface area contributed by atoms with Gasteiger partial charge in [0.2, 0.25) is 0 Å². The SMILES string of the molecule is CC(C)CNCc1cnnn1-c1ccc(C#N)cc1. The van der Waals surface area contributed by atoms with E-state index in [0.29, 0.717) is 11.5 Å². The van der Waals surface area contributed by atoms with E-state index < -0.39 is 0 Å². The molecule has 0 aliphatic carbocycles. The topological polar surface area (TPSA) is 66.5 Å². The molecule has 1 aromatic heterocycles. The third-order valence-electron chi connectivity index (χ3n) is 2.72. The van der Waals surface area contributed by atoms with Crippen molar-refractivity contribution in [1.82, 2.24) is 20.3 Å². The van der Waals surface area contributed by atoms with Gasteiger partial charge in [0.25, 0.3) is 0 Å². The number of hydrogen-bond donors (Lipinski definition) is 1. The van der Waals surface area contributed by atoms with Crippen LogP contribution < -0.4 is 5.32 Å². The second-order valence-corrected chi connectivity index (χ2v) is 4.82. The molecule has 0 unspecified atom stereocenters. The molecule has 5 nitrogen and oxygen atoms in total. The van der Waals surface area contributed by atoms with Crippen LogP contribution in [-0.4, -0.2) is 21.5 Å². The largest absolute Gasteiger partial charge is 0.311 e. The Labute approximate surface area is 112 Å². The average molecular weight is 255 g/mol. The van der Waals surface area contributed by atoms with E-state index in [2.05, 4.69) is 35.5 Å². The minimum Gasteiger partial charge on any atom is -0.311 e. The third kappa shape index (κ3) is 3.39. The third-order valence-corrected chi connectivity index (χ3v) is 2.72. The average Bonchev–Trinajstić information content (AvgIpc) is 2.87. The number of aromatic nitrogens is 3. The molecule has 0 fully saturated rings. The molecule has 2 aromatic rings. The van der Waals surface area contributed by atoms with Crippen LogP contribution >= 0.6 is 0 Å². The molecule has 98 valence electrons. The maximum Gasteiger partial charge on any atom is 0.0991 e. The molecular weight excluding hydrogens is 238 g/mol. The molecule has 0 saturated carbocycles. The molecule has 1 N–H and O–H groups in total. The van der Waals surface area contributed by atoms with Crippen molar-refractivity contribution in [1.29, 1.82) is 5.26 Å². The zero-order valence-electron chi connectivity index (χ0n) is 11.2. The monoisotopic (exact) mass is 255 g/mol. The molecule has 19 heavy (non-hydrogen) atoms. The van der Waals surface area contributed by atoms with Crippen molar-refractivity contribution in [3.05, 3.63) is 41.7 Å². The van der Waals surface area contributed by atoms with Gasteiger partial charge in [-0.15, -0.1) is 5.10 Å². The van der Waals surface area contributed by atoms with Crippen LogP contribution in [0.3, 0.4) is 0 Å². The first-order valence-electron chi connectivity index (χ1n) is 6.31. The lowest BCUT2D eigenvalue weighted by molar-refractivity contribution is 0.542. The Morgan fingerprint density at radius 2 is 2.05 bits per heavy atom. The van der Waals surface area contributed by atoms with E-state index in [1.807, 2.05) is 12.1 Å². The van der Waals surface area contributed by atoms with Gasteiger partial charge >= 0.3 is 0 Å². The number of rotatable bonds is 5. The molecule has 0 aliphatic heterocycles. The van der Waals surface area contributed by atoms with Crippen LogP contribution in [0.5, 0.6) is 0 Å². The fourth-order valence-corrected chi connectivity index (χ4v) is 1.76. The van der Waals surface area contributed by atoms with Crippen molar-refractivity contribution in [2.45, 2.75) is 20.4 Å². The Morgan fingerprint density at radius 3 is 2.68 bits per heavy atom. The molecule has 0 amide bonds. The van der Waals surface area contributed by atoms with Crippen LogP contribution in [0.25, 0.3) is 5.69 Å². The lowest BCUT2D eigenvalue weighted by Gasteiger charge is -2.09. The first-order valence-corrected chi connectivity index (χ1v) is 6.31. The van der Waals surface area contributed by atoms with Crippen molar-refractivity contribution in [3.8, 4) is 11.8 Å². The zero-order chi connectivity index (χ0) is 13.7. The summed E-state index contributed by atoms with van der Waals surface area (Å²) in [5, 5.41) is 20.2. The summed E-state index contributed by atoms with van der Waals surface area (Å²) < 4.78 is 1.79. The van der Waals surface area contributed by atoms with E-state index >= 15 is 0 Å². The molecular formula is C14H17N5. The Balaban J connectivity index is 2.12. The van der Waals surface area contributed by atoms with Gasteiger partial charge < -0.3 is 5.32 Å². The normalized spacial score (nSPS) is 10.6. The van der Waals surface area contributed by atoms with Gasteiger partial charge in [-0.3, -0.25) is 0 Å². The van der Waals surface area contributed by atoms with Crippen LogP contribution in [0.2, 0.25) is 0 Å². The van der Waals surface area contributed by atoms with Gasteiger partial charge in [0.05, 0.1) is 29.2 Å².